The van der Waals surface area contributed by atoms with E-state index in [9.17, 15) is 9.59 Å². The number of aryl methyl sites for hydroxylation is 1. The van der Waals surface area contributed by atoms with Gasteiger partial charge >= 0.3 is 0 Å². The van der Waals surface area contributed by atoms with E-state index in [2.05, 4.69) is 20.3 Å². The van der Waals surface area contributed by atoms with E-state index >= 15 is 0 Å². The molecule has 1 aliphatic heterocycles. The van der Waals surface area contributed by atoms with Crippen molar-refractivity contribution < 1.29 is 19.1 Å². The van der Waals surface area contributed by atoms with Crippen LogP contribution in [0, 0.1) is 0 Å². The maximum absolute atomic E-state index is 12.6. The van der Waals surface area contributed by atoms with Crippen LogP contribution in [0.3, 0.4) is 0 Å². The maximum Gasteiger partial charge on any atom is 0.226 e. The summed E-state index contributed by atoms with van der Waals surface area (Å²) in [6.07, 6.45) is 1.98. The molecule has 1 saturated heterocycles. The lowest BCUT2D eigenvalue weighted by Crippen LogP contribution is -2.49. The minimum Gasteiger partial charge on any atom is -0.497 e. The third kappa shape index (κ3) is 5.82. The number of nitrogens with one attached hydrogen (secondary N) is 1. The fraction of sp³-hybridized carbons (Fsp3) is 0.417. The van der Waals surface area contributed by atoms with Crippen LogP contribution in [0.5, 0.6) is 11.5 Å². The van der Waals surface area contributed by atoms with Gasteiger partial charge in [-0.1, -0.05) is 0 Å². The molecule has 0 saturated carbocycles. The summed E-state index contributed by atoms with van der Waals surface area (Å²) in [6.45, 7) is 4.26. The molecule has 180 valence electrons. The highest BCUT2D eigenvalue weighted by Gasteiger charge is 2.22. The van der Waals surface area contributed by atoms with Crippen LogP contribution in [0.15, 0.2) is 42.6 Å². The van der Waals surface area contributed by atoms with E-state index in [0.29, 0.717) is 31.2 Å². The van der Waals surface area contributed by atoms with Crippen LogP contribution in [0.1, 0.15) is 12.8 Å². The molecule has 0 radical (unpaired) electrons. The summed E-state index contributed by atoms with van der Waals surface area (Å²) in [4.78, 5) is 33.4. The van der Waals surface area contributed by atoms with Crippen LogP contribution in [-0.4, -0.2) is 82.8 Å². The van der Waals surface area contributed by atoms with Crippen molar-refractivity contribution in [3.05, 3.63) is 42.6 Å². The van der Waals surface area contributed by atoms with Crippen LogP contribution in [0.4, 0.5) is 5.82 Å². The quantitative estimate of drug-likeness (QED) is 0.514. The first-order valence-electron chi connectivity index (χ1n) is 11.4. The number of fused-ring (bicyclic) bond motifs is 1. The second-order valence-electron chi connectivity index (χ2n) is 8.14. The number of pyridine rings is 1. The molecule has 1 aliphatic rings. The fourth-order valence-electron chi connectivity index (χ4n) is 3.94. The monoisotopic (exact) mass is 466 g/mol. The topological polar surface area (TPSA) is 102 Å². The molecule has 1 aromatic carbocycles. The first-order valence-corrected chi connectivity index (χ1v) is 11.4. The van der Waals surface area contributed by atoms with Crippen LogP contribution in [0.2, 0.25) is 0 Å². The number of hydrogen-bond acceptors (Lipinski definition) is 7. The van der Waals surface area contributed by atoms with Gasteiger partial charge in [0.1, 0.15) is 18.1 Å². The molecule has 0 unspecified atom stereocenters. The SMILES string of the molecule is COc1ccc(OCCN2CCN(C(=O)CCC(=O)Nc3nn(C)c4ncccc34)CC2)cc1. The summed E-state index contributed by atoms with van der Waals surface area (Å²) < 4.78 is 12.6. The normalized spacial score (nSPS) is 14.2. The highest BCUT2D eigenvalue weighted by molar-refractivity contribution is 5.99. The molecule has 10 nitrogen and oxygen atoms in total. The minimum absolute atomic E-state index is 0.00294. The fourth-order valence-corrected chi connectivity index (χ4v) is 3.94. The van der Waals surface area contributed by atoms with Gasteiger partial charge in [-0.3, -0.25) is 14.5 Å². The van der Waals surface area contributed by atoms with Crippen LogP contribution in [0.25, 0.3) is 11.0 Å². The molecule has 3 heterocycles. The summed E-state index contributed by atoms with van der Waals surface area (Å²) in [5.74, 6) is 1.84. The number of rotatable bonds is 9. The highest BCUT2D eigenvalue weighted by atomic mass is 16.5. The summed E-state index contributed by atoms with van der Waals surface area (Å²) in [5, 5.41) is 7.89. The summed E-state index contributed by atoms with van der Waals surface area (Å²) in [5.41, 5.74) is 0.696. The van der Waals surface area contributed by atoms with E-state index in [-0.39, 0.29) is 24.7 Å². The van der Waals surface area contributed by atoms with Crippen molar-refractivity contribution in [3.63, 3.8) is 0 Å². The third-order valence-corrected chi connectivity index (χ3v) is 5.88. The van der Waals surface area contributed by atoms with Gasteiger partial charge in [-0.25, -0.2) is 9.67 Å². The van der Waals surface area contributed by atoms with Gasteiger partial charge in [0.05, 0.1) is 12.5 Å². The average Bonchev–Trinajstić information content (AvgIpc) is 3.18. The predicted octanol–water partition coefficient (Wildman–Crippen LogP) is 1.92. The lowest BCUT2D eigenvalue weighted by molar-refractivity contribution is -0.134. The molecule has 1 fully saturated rings. The van der Waals surface area contributed by atoms with Gasteiger partial charge in [0.25, 0.3) is 0 Å². The van der Waals surface area contributed by atoms with Crippen LogP contribution in [-0.2, 0) is 16.6 Å². The number of amides is 2. The Morgan fingerprint density at radius 2 is 1.76 bits per heavy atom. The molecule has 0 bridgehead atoms. The number of carbonyl (C=O) groups is 2. The van der Waals surface area contributed by atoms with E-state index < -0.39 is 0 Å². The Hall–Kier alpha value is -3.66. The van der Waals surface area contributed by atoms with E-state index in [1.165, 1.54) is 0 Å². The number of piperazine rings is 1. The zero-order valence-corrected chi connectivity index (χ0v) is 19.6. The van der Waals surface area contributed by atoms with Crippen molar-refractivity contribution >= 4 is 28.7 Å². The smallest absolute Gasteiger partial charge is 0.226 e. The number of methoxy groups -OCH3 is 1. The Kier molecular flexibility index (Phi) is 7.58. The molecule has 0 atom stereocenters. The first kappa shape index (κ1) is 23.5. The lowest BCUT2D eigenvalue weighted by atomic mass is 10.2. The molecule has 4 rings (SSSR count). The summed E-state index contributed by atoms with van der Waals surface area (Å²) >= 11 is 0. The Balaban J connectivity index is 1.15. The number of carbonyl (C=O) groups excluding carboxylic acids is 2. The second-order valence-corrected chi connectivity index (χ2v) is 8.14. The van der Waals surface area contributed by atoms with E-state index in [1.807, 2.05) is 35.2 Å². The molecule has 3 aromatic rings. The molecule has 10 heteroatoms. The standard InChI is InChI=1S/C24H30N6O4/c1-28-24-20(4-3-11-25-24)23(27-28)26-21(31)9-10-22(32)30-14-12-29(13-15-30)16-17-34-19-7-5-18(33-2)6-8-19/h3-8,11H,9-10,12-17H2,1-2H3,(H,26,27,31). The van der Waals surface area contributed by atoms with Gasteiger partial charge in [0.2, 0.25) is 11.8 Å². The van der Waals surface area contributed by atoms with E-state index in [4.69, 9.17) is 9.47 Å². The number of nitrogens with zero attached hydrogens (tertiary/aromatic N) is 5. The van der Waals surface area contributed by atoms with Gasteiger partial charge in [0.15, 0.2) is 11.5 Å². The zero-order valence-electron chi connectivity index (χ0n) is 19.6. The van der Waals surface area contributed by atoms with Gasteiger partial charge in [-0.15, -0.1) is 0 Å². The molecular weight excluding hydrogens is 436 g/mol. The maximum atomic E-state index is 12.6. The Morgan fingerprint density at radius 1 is 1.03 bits per heavy atom. The van der Waals surface area contributed by atoms with Gasteiger partial charge < -0.3 is 19.7 Å². The largest absolute Gasteiger partial charge is 0.497 e. The number of hydrogen-bond donors (Lipinski definition) is 1. The predicted molar refractivity (Wildman–Crippen MR) is 128 cm³/mol. The molecule has 1 N–H and O–H groups in total. The Morgan fingerprint density at radius 3 is 2.50 bits per heavy atom. The number of aromatic nitrogens is 3. The summed E-state index contributed by atoms with van der Waals surface area (Å²) in [7, 11) is 3.41. The number of benzene rings is 1. The van der Waals surface area contributed by atoms with Crippen molar-refractivity contribution in [1.29, 1.82) is 0 Å². The molecule has 2 aromatic heterocycles. The van der Waals surface area contributed by atoms with Crippen LogP contribution < -0.4 is 14.8 Å². The molecule has 34 heavy (non-hydrogen) atoms. The molecule has 0 spiro atoms. The Labute approximate surface area is 198 Å². The van der Waals surface area contributed by atoms with Gasteiger partial charge in [-0.2, -0.15) is 5.10 Å². The first-order chi connectivity index (χ1) is 16.5. The van der Waals surface area contributed by atoms with Crippen molar-refractivity contribution in [2.24, 2.45) is 7.05 Å². The molecule has 0 aliphatic carbocycles. The van der Waals surface area contributed by atoms with E-state index in [1.54, 1.807) is 31.1 Å². The minimum atomic E-state index is -0.230. The zero-order chi connectivity index (χ0) is 23.9. The third-order valence-electron chi connectivity index (χ3n) is 5.88. The number of ether oxygens (including phenoxy) is 2. The Bertz CT molecular complexity index is 1120. The van der Waals surface area contributed by atoms with E-state index in [0.717, 1.165) is 36.5 Å². The second kappa shape index (κ2) is 11.0. The van der Waals surface area contributed by atoms with Gasteiger partial charge in [-0.05, 0) is 36.4 Å². The summed E-state index contributed by atoms with van der Waals surface area (Å²) in [6, 6.07) is 11.2. The van der Waals surface area contributed by atoms with Crippen molar-refractivity contribution in [3.8, 4) is 11.5 Å². The van der Waals surface area contributed by atoms with Crippen molar-refractivity contribution in [2.45, 2.75) is 12.8 Å². The molecule has 2 amide bonds. The van der Waals surface area contributed by atoms with Crippen LogP contribution >= 0.6 is 0 Å². The van der Waals surface area contributed by atoms with Gasteiger partial charge in [0, 0.05) is 58.8 Å². The highest BCUT2D eigenvalue weighted by Crippen LogP contribution is 2.20. The van der Waals surface area contributed by atoms with Crippen molar-refractivity contribution in [1.82, 2.24) is 24.6 Å². The lowest BCUT2D eigenvalue weighted by Gasteiger charge is -2.34. The number of anilines is 1. The average molecular weight is 467 g/mol. The molecular formula is C24H30N6O4. The van der Waals surface area contributed by atoms with Crippen molar-refractivity contribution in [2.75, 3.05) is 51.8 Å².